The minimum Gasteiger partial charge on any atom is -0.479 e. The number of allylic oxidation sites excluding steroid dienone is 3. The first kappa shape index (κ1) is 33.1. The molecule has 13 atom stereocenters. The van der Waals surface area contributed by atoms with Gasteiger partial charge in [-0.1, -0.05) is 64.8 Å². The number of carboxylic acid groups (broad SMARTS) is 1. The van der Waals surface area contributed by atoms with E-state index in [2.05, 4.69) is 67.5 Å². The van der Waals surface area contributed by atoms with Crippen molar-refractivity contribution in [1.29, 1.82) is 0 Å². The van der Waals surface area contributed by atoms with Crippen molar-refractivity contribution < 1.29 is 34.7 Å². The molecule has 5 rings (SSSR count). The van der Waals surface area contributed by atoms with Gasteiger partial charge in [0.2, 0.25) is 0 Å². The first-order chi connectivity index (χ1) is 20.0. The molecule has 7 nitrogen and oxygen atoms in total. The van der Waals surface area contributed by atoms with Gasteiger partial charge in [0.15, 0.2) is 12.4 Å². The van der Waals surface area contributed by atoms with Crippen molar-refractivity contribution >= 4 is 5.97 Å². The van der Waals surface area contributed by atoms with Crippen molar-refractivity contribution in [2.45, 2.75) is 150 Å². The lowest BCUT2D eigenvalue weighted by molar-refractivity contribution is -0.313. The molecule has 4 fully saturated rings. The van der Waals surface area contributed by atoms with E-state index < -0.39 is 36.7 Å². The maximum atomic E-state index is 11.7. The fourth-order valence-electron chi connectivity index (χ4n) is 11.1. The molecule has 4 aliphatic carbocycles. The molecule has 43 heavy (non-hydrogen) atoms. The summed E-state index contributed by atoms with van der Waals surface area (Å²) in [6, 6.07) is 0. The van der Waals surface area contributed by atoms with Gasteiger partial charge in [-0.2, -0.15) is 0 Å². The average Bonchev–Trinajstić information content (AvgIpc) is 3.21. The van der Waals surface area contributed by atoms with E-state index in [-0.39, 0.29) is 16.9 Å². The summed E-state index contributed by atoms with van der Waals surface area (Å²) in [6.07, 6.45) is 7.12. The molecular formula is C36H58O7. The van der Waals surface area contributed by atoms with Gasteiger partial charge in [-0.25, -0.2) is 4.79 Å². The van der Waals surface area contributed by atoms with E-state index in [1.165, 1.54) is 49.7 Å². The van der Waals surface area contributed by atoms with Crippen molar-refractivity contribution in [1.82, 2.24) is 0 Å². The topological polar surface area (TPSA) is 116 Å². The third-order valence-electron chi connectivity index (χ3n) is 13.8. The summed E-state index contributed by atoms with van der Waals surface area (Å²) >= 11 is 0. The number of carbonyl (C=O) groups is 1. The summed E-state index contributed by atoms with van der Waals surface area (Å²) in [4.78, 5) is 11.7. The number of carboxylic acids is 1. The molecule has 0 bridgehead atoms. The predicted molar refractivity (Wildman–Crippen MR) is 166 cm³/mol. The molecule has 0 aromatic carbocycles. The molecule has 1 aliphatic heterocycles. The van der Waals surface area contributed by atoms with Gasteiger partial charge in [0.05, 0.1) is 6.10 Å². The van der Waals surface area contributed by atoms with Crippen LogP contribution in [-0.2, 0) is 14.3 Å². The molecular weight excluding hydrogens is 544 g/mol. The Bertz CT molecular complexity index is 1120. The van der Waals surface area contributed by atoms with Gasteiger partial charge in [-0.15, -0.1) is 0 Å². The van der Waals surface area contributed by atoms with E-state index in [4.69, 9.17) is 9.47 Å². The molecule has 0 radical (unpaired) electrons. The lowest BCUT2D eigenvalue weighted by atomic mass is 9.40. The highest BCUT2D eigenvalue weighted by Gasteiger charge is 2.66. The van der Waals surface area contributed by atoms with Crippen LogP contribution in [0, 0.1) is 45.3 Å². The molecule has 7 heteroatoms. The Morgan fingerprint density at radius 3 is 2.30 bits per heavy atom. The van der Waals surface area contributed by atoms with Gasteiger partial charge >= 0.3 is 5.97 Å². The number of aliphatic carboxylic acids is 1. The highest BCUT2D eigenvalue weighted by Crippen LogP contribution is 2.73. The van der Waals surface area contributed by atoms with Crippen molar-refractivity contribution in [2.75, 3.05) is 0 Å². The van der Waals surface area contributed by atoms with Gasteiger partial charge in [0.1, 0.15) is 18.3 Å². The Labute approximate surface area is 259 Å². The van der Waals surface area contributed by atoms with E-state index in [1.807, 2.05) is 0 Å². The molecule has 1 saturated heterocycles. The third kappa shape index (κ3) is 5.17. The summed E-state index contributed by atoms with van der Waals surface area (Å²) < 4.78 is 11.8. The number of aliphatic hydroxyl groups excluding tert-OH is 3. The molecule has 0 aromatic heterocycles. The monoisotopic (exact) mass is 602 g/mol. The van der Waals surface area contributed by atoms with Crippen LogP contribution in [-0.4, -0.2) is 63.2 Å². The maximum absolute atomic E-state index is 11.7. The van der Waals surface area contributed by atoms with Crippen molar-refractivity contribution in [3.8, 4) is 0 Å². The first-order valence-electron chi connectivity index (χ1n) is 16.9. The van der Waals surface area contributed by atoms with Crippen molar-refractivity contribution in [3.05, 3.63) is 23.3 Å². The van der Waals surface area contributed by atoms with E-state index in [0.29, 0.717) is 22.7 Å². The number of hydrogen-bond donors (Lipinski definition) is 4. The summed E-state index contributed by atoms with van der Waals surface area (Å²) in [7, 11) is 0. The smallest absolute Gasteiger partial charge is 0.335 e. The van der Waals surface area contributed by atoms with Crippen LogP contribution in [0.5, 0.6) is 0 Å². The van der Waals surface area contributed by atoms with E-state index in [0.717, 1.165) is 31.1 Å². The lowest BCUT2D eigenvalue weighted by Gasteiger charge is -2.65. The molecule has 0 spiro atoms. The molecule has 0 amide bonds. The highest BCUT2D eigenvalue weighted by molar-refractivity contribution is 5.73. The van der Waals surface area contributed by atoms with Crippen LogP contribution >= 0.6 is 0 Å². The minimum absolute atomic E-state index is 0.0507. The van der Waals surface area contributed by atoms with Crippen LogP contribution in [0.2, 0.25) is 0 Å². The fraction of sp³-hybridized carbons (Fsp3) is 0.861. The van der Waals surface area contributed by atoms with Gasteiger partial charge in [0, 0.05) is 5.41 Å². The summed E-state index contributed by atoms with van der Waals surface area (Å²) in [5.41, 5.74) is 3.19. The van der Waals surface area contributed by atoms with Gasteiger partial charge in [0.25, 0.3) is 0 Å². The Morgan fingerprint density at radius 1 is 0.977 bits per heavy atom. The Hall–Kier alpha value is -1.25. The molecule has 4 N–H and O–H groups in total. The largest absolute Gasteiger partial charge is 0.479 e. The molecule has 244 valence electrons. The second kappa shape index (κ2) is 11.5. The quantitative estimate of drug-likeness (QED) is 0.255. The zero-order valence-corrected chi connectivity index (χ0v) is 27.8. The van der Waals surface area contributed by atoms with Crippen LogP contribution in [0.4, 0.5) is 0 Å². The second-order valence-corrected chi connectivity index (χ2v) is 16.5. The Balaban J connectivity index is 1.36. The van der Waals surface area contributed by atoms with E-state index >= 15 is 0 Å². The average molecular weight is 603 g/mol. The van der Waals surface area contributed by atoms with Gasteiger partial charge in [-0.05, 0) is 112 Å². The Morgan fingerprint density at radius 2 is 1.65 bits per heavy atom. The van der Waals surface area contributed by atoms with Gasteiger partial charge < -0.3 is 29.9 Å². The number of rotatable bonds is 7. The lowest BCUT2D eigenvalue weighted by Crippen LogP contribution is -2.62. The predicted octanol–water partition coefficient (Wildman–Crippen LogP) is 6.25. The number of aliphatic hydroxyl groups is 3. The summed E-state index contributed by atoms with van der Waals surface area (Å²) in [6.45, 7) is 19.0. The standard InChI is InChI=1S/C36H58O7/c1-20(2)10-9-11-21(3)22-14-18-36(8)24-12-13-25-33(4,5)26(16-17-34(25,6)23(24)15-19-35(22,36)7)42-32-29(39)27(37)28(38)30(43-32)31(40)41/h10,13,21-24,26-30,32,37-39H,9,11-12,14-19H2,1-8H3,(H,40,41)/t21-,22-,23+,24-,26+,27+,28+,29-,30+,32-,34-,35-,36+/m1/s1. The third-order valence-corrected chi connectivity index (χ3v) is 13.8. The normalized spacial score (nSPS) is 47.9. The van der Waals surface area contributed by atoms with Crippen LogP contribution in [0.15, 0.2) is 23.3 Å². The van der Waals surface area contributed by atoms with Crippen LogP contribution in [0.3, 0.4) is 0 Å². The number of hydrogen-bond acceptors (Lipinski definition) is 6. The van der Waals surface area contributed by atoms with Crippen molar-refractivity contribution in [2.24, 2.45) is 45.3 Å². The van der Waals surface area contributed by atoms with E-state index in [1.54, 1.807) is 0 Å². The fourth-order valence-corrected chi connectivity index (χ4v) is 11.1. The summed E-state index contributed by atoms with van der Waals surface area (Å²) in [5, 5.41) is 40.6. The molecule has 5 aliphatic rings. The van der Waals surface area contributed by atoms with Crippen LogP contribution in [0.1, 0.15) is 113 Å². The minimum atomic E-state index is -1.72. The van der Waals surface area contributed by atoms with E-state index in [9.17, 15) is 25.2 Å². The van der Waals surface area contributed by atoms with Crippen LogP contribution < -0.4 is 0 Å². The molecule has 0 aromatic rings. The van der Waals surface area contributed by atoms with Gasteiger partial charge in [-0.3, -0.25) is 0 Å². The van der Waals surface area contributed by atoms with Crippen LogP contribution in [0.25, 0.3) is 0 Å². The summed E-state index contributed by atoms with van der Waals surface area (Å²) in [5.74, 6) is 1.37. The SMILES string of the molecule is CC(C)=CCC[C@@H](C)[C@H]1CC[C@@]2(C)[C@@H]3CC=C4C(C)(C)[C@@H](O[C@@H]5O[C@H](C(=O)O)[C@@H](O)[C@H](O)[C@H]5O)CC[C@]4(C)[C@H]3CC[C@]12C. The second-order valence-electron chi connectivity index (χ2n) is 16.5. The van der Waals surface area contributed by atoms with Crippen molar-refractivity contribution in [3.63, 3.8) is 0 Å². The zero-order chi connectivity index (χ0) is 31.7. The number of fused-ring (bicyclic) bond motifs is 5. The maximum Gasteiger partial charge on any atom is 0.335 e. The molecule has 0 unspecified atom stereocenters. The first-order valence-corrected chi connectivity index (χ1v) is 16.9. The molecule has 3 saturated carbocycles. The zero-order valence-electron chi connectivity index (χ0n) is 27.8. The highest BCUT2D eigenvalue weighted by atomic mass is 16.7. The molecule has 1 heterocycles. The Kier molecular flexibility index (Phi) is 8.88. The number of ether oxygens (including phenoxy) is 2.